The summed E-state index contributed by atoms with van der Waals surface area (Å²) in [6.07, 6.45) is 4.59. The zero-order valence-electron chi connectivity index (χ0n) is 8.85. The highest BCUT2D eigenvalue weighted by molar-refractivity contribution is 7.90. The molecular weight excluding hydrogens is 214 g/mol. The summed E-state index contributed by atoms with van der Waals surface area (Å²) >= 11 is 0. The summed E-state index contributed by atoms with van der Waals surface area (Å²) in [7, 11) is -1.56. The Labute approximate surface area is 90.4 Å². The van der Waals surface area contributed by atoms with Crippen molar-refractivity contribution in [3.8, 4) is 0 Å². The highest BCUT2D eigenvalue weighted by Crippen LogP contribution is 2.52. The first-order chi connectivity index (χ1) is 7.12. The van der Waals surface area contributed by atoms with Crippen molar-refractivity contribution >= 4 is 10.0 Å². The molecule has 3 aliphatic rings. The standard InChI is InChI=1S/C10H17NO3S/c1-11-15(12,13)6-4-7-8(5-6)10-3-2-9(7)14-10/h6-11H,2-5H2,1H3. The highest BCUT2D eigenvalue weighted by atomic mass is 32.2. The molecule has 86 valence electrons. The van der Waals surface area contributed by atoms with E-state index in [4.69, 9.17) is 4.74 Å². The van der Waals surface area contributed by atoms with Gasteiger partial charge in [-0.3, -0.25) is 0 Å². The maximum atomic E-state index is 11.7. The fourth-order valence-corrected chi connectivity index (χ4v) is 4.93. The number of hydrogen-bond donors (Lipinski definition) is 1. The summed E-state index contributed by atoms with van der Waals surface area (Å²) in [6, 6.07) is 0. The molecule has 0 aromatic heterocycles. The van der Waals surface area contributed by atoms with E-state index in [1.807, 2.05) is 0 Å². The van der Waals surface area contributed by atoms with Crippen LogP contribution >= 0.6 is 0 Å². The van der Waals surface area contributed by atoms with E-state index in [1.54, 1.807) is 0 Å². The van der Waals surface area contributed by atoms with E-state index < -0.39 is 10.0 Å². The molecule has 4 nitrogen and oxygen atoms in total. The van der Waals surface area contributed by atoms with E-state index in [2.05, 4.69) is 4.72 Å². The Bertz CT molecular complexity index is 349. The third kappa shape index (κ3) is 1.36. The molecule has 1 aliphatic carbocycles. The van der Waals surface area contributed by atoms with E-state index in [-0.39, 0.29) is 5.25 Å². The summed E-state index contributed by atoms with van der Waals surface area (Å²) in [5.74, 6) is 1.02. The van der Waals surface area contributed by atoms with Gasteiger partial charge in [-0.2, -0.15) is 0 Å². The van der Waals surface area contributed by atoms with Crippen molar-refractivity contribution in [2.45, 2.75) is 43.1 Å². The molecule has 1 saturated carbocycles. The molecule has 2 heterocycles. The molecule has 2 aliphatic heterocycles. The highest BCUT2D eigenvalue weighted by Gasteiger charge is 2.55. The minimum Gasteiger partial charge on any atom is -0.374 e. The van der Waals surface area contributed by atoms with Gasteiger partial charge in [-0.1, -0.05) is 0 Å². The average Bonchev–Trinajstić information content (AvgIpc) is 2.89. The third-order valence-electron chi connectivity index (χ3n) is 4.38. The Hall–Kier alpha value is -0.130. The second-order valence-electron chi connectivity index (χ2n) is 4.96. The van der Waals surface area contributed by atoms with Gasteiger partial charge in [0.05, 0.1) is 17.5 Å². The van der Waals surface area contributed by atoms with Crippen molar-refractivity contribution in [2.75, 3.05) is 7.05 Å². The lowest BCUT2D eigenvalue weighted by Gasteiger charge is -2.19. The number of fused-ring (bicyclic) bond motifs is 5. The maximum Gasteiger partial charge on any atom is 0.214 e. The van der Waals surface area contributed by atoms with E-state index in [1.165, 1.54) is 7.05 Å². The number of rotatable bonds is 2. The first-order valence-corrected chi connectivity index (χ1v) is 7.24. The molecule has 3 rings (SSSR count). The molecule has 1 N–H and O–H groups in total. The monoisotopic (exact) mass is 231 g/mol. The van der Waals surface area contributed by atoms with Crippen LogP contribution in [-0.2, 0) is 14.8 Å². The third-order valence-corrected chi connectivity index (χ3v) is 6.22. The van der Waals surface area contributed by atoms with Gasteiger partial charge in [-0.25, -0.2) is 13.1 Å². The molecule has 15 heavy (non-hydrogen) atoms. The van der Waals surface area contributed by atoms with Crippen molar-refractivity contribution in [2.24, 2.45) is 11.8 Å². The van der Waals surface area contributed by atoms with Crippen molar-refractivity contribution in [1.82, 2.24) is 4.72 Å². The number of ether oxygens (including phenoxy) is 1. The molecule has 0 aromatic rings. The van der Waals surface area contributed by atoms with E-state index in [0.29, 0.717) is 24.0 Å². The summed E-state index contributed by atoms with van der Waals surface area (Å²) < 4.78 is 31.7. The molecule has 0 amide bonds. The normalized spacial score (nSPS) is 48.5. The summed E-state index contributed by atoms with van der Waals surface area (Å²) in [6.45, 7) is 0. The molecule has 0 radical (unpaired) electrons. The van der Waals surface area contributed by atoms with Gasteiger partial charge in [-0.15, -0.1) is 0 Å². The minimum atomic E-state index is -3.06. The summed E-state index contributed by atoms with van der Waals surface area (Å²) in [5, 5.41) is -0.176. The van der Waals surface area contributed by atoms with Gasteiger partial charge in [0.2, 0.25) is 10.0 Å². The second-order valence-corrected chi connectivity index (χ2v) is 7.13. The van der Waals surface area contributed by atoms with E-state index in [9.17, 15) is 8.42 Å². The van der Waals surface area contributed by atoms with E-state index in [0.717, 1.165) is 25.7 Å². The van der Waals surface area contributed by atoms with Crippen molar-refractivity contribution in [1.29, 1.82) is 0 Å². The van der Waals surface area contributed by atoms with Crippen molar-refractivity contribution < 1.29 is 13.2 Å². The van der Waals surface area contributed by atoms with Gasteiger partial charge in [0.25, 0.3) is 0 Å². The molecule has 3 fully saturated rings. The zero-order valence-corrected chi connectivity index (χ0v) is 9.66. The van der Waals surface area contributed by atoms with Gasteiger partial charge in [0, 0.05) is 0 Å². The number of sulfonamides is 1. The van der Waals surface area contributed by atoms with Crippen LogP contribution in [0.4, 0.5) is 0 Å². The first kappa shape index (κ1) is 10.1. The first-order valence-electron chi connectivity index (χ1n) is 5.69. The van der Waals surface area contributed by atoms with Crippen LogP contribution in [0, 0.1) is 11.8 Å². The van der Waals surface area contributed by atoms with Gasteiger partial charge < -0.3 is 4.74 Å². The number of hydrogen-bond acceptors (Lipinski definition) is 3. The Kier molecular flexibility index (Phi) is 2.13. The molecule has 2 saturated heterocycles. The van der Waals surface area contributed by atoms with Crippen LogP contribution in [0.25, 0.3) is 0 Å². The predicted octanol–water partition coefficient (Wildman–Crippen LogP) is 0.492. The minimum absolute atomic E-state index is 0.176. The van der Waals surface area contributed by atoms with Crippen molar-refractivity contribution in [3.63, 3.8) is 0 Å². The molecular formula is C10H17NO3S. The van der Waals surface area contributed by atoms with Crippen LogP contribution < -0.4 is 4.72 Å². The van der Waals surface area contributed by atoms with E-state index >= 15 is 0 Å². The molecule has 5 heteroatoms. The molecule has 4 unspecified atom stereocenters. The van der Waals surface area contributed by atoms with Gasteiger partial charge in [0.1, 0.15) is 0 Å². The fraction of sp³-hybridized carbons (Fsp3) is 1.00. The van der Waals surface area contributed by atoms with Gasteiger partial charge in [0.15, 0.2) is 0 Å². The van der Waals surface area contributed by atoms with Crippen LogP contribution in [0.2, 0.25) is 0 Å². The Morgan fingerprint density at radius 3 is 2.13 bits per heavy atom. The van der Waals surface area contributed by atoms with Crippen LogP contribution in [0.1, 0.15) is 25.7 Å². The van der Waals surface area contributed by atoms with Crippen LogP contribution in [0.15, 0.2) is 0 Å². The zero-order chi connectivity index (χ0) is 10.6. The predicted molar refractivity (Wildman–Crippen MR) is 55.9 cm³/mol. The van der Waals surface area contributed by atoms with Crippen LogP contribution in [-0.4, -0.2) is 32.9 Å². The molecule has 2 bridgehead atoms. The Morgan fingerprint density at radius 1 is 1.13 bits per heavy atom. The topological polar surface area (TPSA) is 55.4 Å². The Morgan fingerprint density at radius 2 is 1.67 bits per heavy atom. The van der Waals surface area contributed by atoms with Gasteiger partial charge >= 0.3 is 0 Å². The fourth-order valence-electron chi connectivity index (χ4n) is 3.65. The number of nitrogens with one attached hydrogen (secondary N) is 1. The smallest absolute Gasteiger partial charge is 0.214 e. The second kappa shape index (κ2) is 3.18. The lowest BCUT2D eigenvalue weighted by molar-refractivity contribution is 0.0817. The van der Waals surface area contributed by atoms with Crippen LogP contribution in [0.3, 0.4) is 0 Å². The SMILES string of the molecule is CNS(=O)(=O)C1CC2C3CCC(O3)C2C1. The van der Waals surface area contributed by atoms with Crippen LogP contribution in [0.5, 0.6) is 0 Å². The molecule has 0 spiro atoms. The average molecular weight is 231 g/mol. The summed E-state index contributed by atoms with van der Waals surface area (Å²) in [4.78, 5) is 0. The Balaban J connectivity index is 1.80. The van der Waals surface area contributed by atoms with Gasteiger partial charge in [-0.05, 0) is 44.6 Å². The largest absolute Gasteiger partial charge is 0.374 e. The lowest BCUT2D eigenvalue weighted by Crippen LogP contribution is -2.31. The maximum absolute atomic E-state index is 11.7. The molecule has 0 aromatic carbocycles. The lowest BCUT2D eigenvalue weighted by atomic mass is 9.82. The summed E-state index contributed by atoms with van der Waals surface area (Å²) in [5.41, 5.74) is 0. The quantitative estimate of drug-likeness (QED) is 0.752. The molecule has 4 atom stereocenters. The van der Waals surface area contributed by atoms with Crippen molar-refractivity contribution in [3.05, 3.63) is 0 Å².